The lowest BCUT2D eigenvalue weighted by atomic mass is 9.87. The number of aliphatic hydroxyl groups is 2. The fourth-order valence-electron chi connectivity index (χ4n) is 7.89. The third-order valence-corrected chi connectivity index (χ3v) is 16.0. The number of fused-ring (bicyclic) bond motifs is 1. The summed E-state index contributed by atoms with van der Waals surface area (Å²) in [7, 11) is -16.4. The summed E-state index contributed by atoms with van der Waals surface area (Å²) in [6, 6.07) is 0. The summed E-state index contributed by atoms with van der Waals surface area (Å²) in [5.41, 5.74) is 4.30. The Morgan fingerprint density at radius 1 is 0.773 bits per heavy atom. The minimum atomic E-state index is -5.58. The van der Waals surface area contributed by atoms with Crippen LogP contribution >= 0.6 is 35.2 Å². The lowest BCUT2D eigenvalue weighted by Gasteiger charge is -2.30. The summed E-state index contributed by atoms with van der Waals surface area (Å²) in [4.78, 5) is 88.6. The van der Waals surface area contributed by atoms with Crippen molar-refractivity contribution in [2.75, 3.05) is 37.8 Å². The Hall–Kier alpha value is -2.56. The third kappa shape index (κ3) is 28.8. The number of nitrogens with zero attached hydrogens (tertiary/aromatic N) is 4. The highest BCUT2D eigenvalue weighted by Crippen LogP contribution is 2.61. The van der Waals surface area contributed by atoms with Crippen LogP contribution in [-0.4, -0.2) is 123 Å². The van der Waals surface area contributed by atoms with E-state index in [2.05, 4.69) is 41.3 Å². The zero-order valence-corrected chi connectivity index (χ0v) is 47.5. The molecule has 1 aliphatic heterocycles. The summed E-state index contributed by atoms with van der Waals surface area (Å²) in [5.74, 6) is -1.01. The van der Waals surface area contributed by atoms with Crippen molar-refractivity contribution in [3.63, 3.8) is 0 Å². The first kappa shape index (κ1) is 72.4. The SMILES string of the molecule is CCCCCCCCCCCCCCCCCCCCCCC(=O)SCCNC(=O)CCNC(=O)[C@H](O)C(C)(C)COP(=O)(O)OP(=O)(O)OC[C@H]1O[C@@H](n2cnc3c(N)ncnc32)C(O)[C@H]1OP(=O)(O)O.N.N.N. The molecule has 0 saturated carbocycles. The normalized spacial score (nSPS) is 18.7. The molecule has 3 rings (SSSR count). The lowest BCUT2D eigenvalue weighted by molar-refractivity contribution is -0.137. The number of phosphoric acid groups is 3. The zero-order chi connectivity index (χ0) is 53.2. The van der Waals surface area contributed by atoms with Gasteiger partial charge in [-0.15, -0.1) is 0 Å². The van der Waals surface area contributed by atoms with Crippen molar-refractivity contribution in [1.82, 2.24) is 48.6 Å². The second-order valence-electron chi connectivity index (χ2n) is 18.8. The highest BCUT2D eigenvalue weighted by molar-refractivity contribution is 8.13. The maximum absolute atomic E-state index is 12.8. The topological polar surface area (TPSA) is 469 Å². The van der Waals surface area contributed by atoms with E-state index in [0.29, 0.717) is 12.2 Å². The van der Waals surface area contributed by atoms with Crippen LogP contribution in [0.15, 0.2) is 12.7 Å². The van der Waals surface area contributed by atoms with Crippen molar-refractivity contribution in [2.45, 2.75) is 193 Å². The summed E-state index contributed by atoms with van der Waals surface area (Å²) < 4.78 is 62.5. The fourth-order valence-corrected chi connectivity index (χ4v) is 11.4. The molecule has 27 nitrogen and oxygen atoms in total. The zero-order valence-electron chi connectivity index (χ0n) is 44.0. The molecule has 1 saturated heterocycles. The van der Waals surface area contributed by atoms with E-state index < -0.39 is 84.6 Å². The number of thioether (sulfide) groups is 1. The number of nitrogens with two attached hydrogens (primary N) is 1. The molecule has 0 spiro atoms. The maximum atomic E-state index is 12.8. The van der Waals surface area contributed by atoms with Crippen molar-refractivity contribution in [1.29, 1.82) is 0 Å². The summed E-state index contributed by atoms with van der Waals surface area (Å²) in [5, 5.41) is 26.7. The van der Waals surface area contributed by atoms with Crippen molar-refractivity contribution in [2.24, 2.45) is 5.41 Å². The van der Waals surface area contributed by atoms with Crippen LogP contribution in [0.4, 0.5) is 5.82 Å². The molecule has 438 valence electrons. The van der Waals surface area contributed by atoms with E-state index in [1.807, 2.05) is 0 Å². The van der Waals surface area contributed by atoms with Gasteiger partial charge in [0, 0.05) is 37.1 Å². The molecular formula is C44H89N10O17P3S. The number of aromatic nitrogens is 4. The van der Waals surface area contributed by atoms with Crippen LogP contribution in [0.1, 0.15) is 168 Å². The smallest absolute Gasteiger partial charge is 0.386 e. The fraction of sp³-hybridized carbons (Fsp3) is 0.818. The molecular weight excluding hydrogens is 1070 g/mol. The number of ether oxygens (including phenoxy) is 1. The van der Waals surface area contributed by atoms with Crippen LogP contribution in [0, 0.1) is 5.41 Å². The van der Waals surface area contributed by atoms with Crippen molar-refractivity contribution in [3.05, 3.63) is 12.7 Å². The average Bonchev–Trinajstić information content (AvgIpc) is 3.87. The molecule has 75 heavy (non-hydrogen) atoms. The molecule has 0 aromatic carbocycles. The van der Waals surface area contributed by atoms with E-state index in [0.717, 1.165) is 48.2 Å². The number of amides is 2. The maximum Gasteiger partial charge on any atom is 0.481 e. The number of phosphoric ester groups is 3. The van der Waals surface area contributed by atoms with Gasteiger partial charge in [-0.25, -0.2) is 28.6 Å². The van der Waals surface area contributed by atoms with E-state index in [9.17, 15) is 57.9 Å². The van der Waals surface area contributed by atoms with Gasteiger partial charge in [-0.2, -0.15) is 4.31 Å². The van der Waals surface area contributed by atoms with E-state index in [4.69, 9.17) is 19.5 Å². The second kappa shape index (κ2) is 37.3. The Bertz CT molecular complexity index is 2090. The van der Waals surface area contributed by atoms with Crippen LogP contribution in [0.2, 0.25) is 0 Å². The van der Waals surface area contributed by atoms with Crippen molar-refractivity contribution in [3.8, 4) is 0 Å². The minimum absolute atomic E-state index is 0. The molecule has 31 heteroatoms. The number of nitrogens with one attached hydrogen (secondary N) is 2. The summed E-state index contributed by atoms with van der Waals surface area (Å²) in [6.07, 6.45) is 19.5. The summed E-state index contributed by atoms with van der Waals surface area (Å²) in [6.45, 7) is 2.85. The van der Waals surface area contributed by atoms with Gasteiger partial charge < -0.3 is 69.3 Å². The number of aliphatic hydroxyl groups excluding tert-OH is 2. The average molecular weight is 1160 g/mol. The molecule has 19 N–H and O–H groups in total. The van der Waals surface area contributed by atoms with Gasteiger partial charge in [0.2, 0.25) is 11.8 Å². The van der Waals surface area contributed by atoms with Gasteiger partial charge in [0.1, 0.15) is 36.3 Å². The van der Waals surface area contributed by atoms with E-state index >= 15 is 0 Å². The van der Waals surface area contributed by atoms with Crippen LogP contribution in [-0.2, 0) is 50.7 Å². The van der Waals surface area contributed by atoms with E-state index in [1.54, 1.807) is 0 Å². The molecule has 3 heterocycles. The number of hydrogen-bond donors (Lipinski definition) is 12. The van der Waals surface area contributed by atoms with Gasteiger partial charge in [-0.05, 0) is 6.42 Å². The van der Waals surface area contributed by atoms with Gasteiger partial charge in [0.15, 0.2) is 22.8 Å². The number of rotatable bonds is 40. The van der Waals surface area contributed by atoms with Gasteiger partial charge in [0.05, 0.1) is 19.5 Å². The molecule has 2 aromatic rings. The molecule has 0 aliphatic carbocycles. The highest BCUT2D eigenvalue weighted by atomic mass is 32.2. The quantitative estimate of drug-likeness (QED) is 0.0229. The third-order valence-electron chi connectivity index (χ3n) is 12.0. The largest absolute Gasteiger partial charge is 0.481 e. The standard InChI is InChI=1S/C44H80N7O17P3S.3H3N/c1-4-5-6-7-8-9-10-11-12-13-14-15-16-17-18-19-20-21-22-23-24-35(53)72-28-27-46-34(52)25-26-47-42(56)39(55)44(2,3)30-65-71(62,63)68-70(60,61)64-29-33-38(67-69(57,58)59)37(54)43(66-33)51-32-50-36-40(45)48-31-49-41(36)51;;;/h31-33,37-39,43,54-55H,4-30H2,1-3H3,(H,46,52)(H,47,56)(H,60,61)(H,62,63)(H2,45,48,49)(H2,57,58,59);3*1H3/t33-,37?,38+,39+,43-;;;/m1.../s1. The van der Waals surface area contributed by atoms with Gasteiger partial charge in [-0.3, -0.25) is 32.5 Å². The molecule has 7 atom stereocenters. The predicted molar refractivity (Wildman–Crippen MR) is 285 cm³/mol. The molecule has 3 unspecified atom stereocenters. The molecule has 2 aromatic heterocycles. The molecule has 2 amide bonds. The molecule has 0 bridgehead atoms. The number of nitrogen functional groups attached to an aromatic ring is 1. The van der Waals surface area contributed by atoms with Crippen LogP contribution in [0.25, 0.3) is 11.2 Å². The first-order valence-electron chi connectivity index (χ1n) is 25.1. The Morgan fingerprint density at radius 3 is 1.83 bits per heavy atom. The Morgan fingerprint density at radius 2 is 1.29 bits per heavy atom. The predicted octanol–water partition coefficient (Wildman–Crippen LogP) is 7.36. The number of anilines is 1. The monoisotopic (exact) mass is 1150 g/mol. The van der Waals surface area contributed by atoms with E-state index in [-0.39, 0.29) is 60.1 Å². The van der Waals surface area contributed by atoms with Gasteiger partial charge in [0.25, 0.3) is 0 Å². The van der Waals surface area contributed by atoms with Crippen molar-refractivity contribution >= 4 is 69.1 Å². The number of carbonyl (C=O) groups is 3. The number of unbranched alkanes of at least 4 members (excludes halogenated alkanes) is 19. The highest BCUT2D eigenvalue weighted by Gasteiger charge is 2.50. The van der Waals surface area contributed by atoms with Crippen LogP contribution in [0.3, 0.4) is 0 Å². The number of imidazole rings is 1. The van der Waals surface area contributed by atoms with Crippen LogP contribution < -0.4 is 34.8 Å². The molecule has 1 fully saturated rings. The minimum Gasteiger partial charge on any atom is -0.386 e. The van der Waals surface area contributed by atoms with E-state index in [1.165, 1.54) is 123 Å². The number of hydrogen-bond acceptors (Lipinski definition) is 21. The molecule has 0 radical (unpaired) electrons. The second-order valence-corrected chi connectivity index (χ2v) is 24.1. The van der Waals surface area contributed by atoms with Gasteiger partial charge >= 0.3 is 23.5 Å². The molecule has 1 aliphatic rings. The lowest BCUT2D eigenvalue weighted by Crippen LogP contribution is -2.46. The first-order valence-corrected chi connectivity index (χ1v) is 30.6. The van der Waals surface area contributed by atoms with Gasteiger partial charge in [-0.1, -0.05) is 155 Å². The Labute approximate surface area is 445 Å². The Kier molecular flexibility index (Phi) is 36.1. The van der Waals surface area contributed by atoms with Crippen molar-refractivity contribution < 1.29 is 80.5 Å². The summed E-state index contributed by atoms with van der Waals surface area (Å²) >= 11 is 1.16. The number of carbonyl (C=O) groups excluding carboxylic acids is 3. The first-order chi connectivity index (χ1) is 34.1. The Balaban J connectivity index is 0.0000183. The van der Waals surface area contributed by atoms with Crippen LogP contribution in [0.5, 0.6) is 0 Å².